The number of aliphatic imine (C=N–C) groups is 1. The van der Waals surface area contributed by atoms with Crippen LogP contribution in [0, 0.1) is 0 Å². The first kappa shape index (κ1) is 20.5. The summed E-state index contributed by atoms with van der Waals surface area (Å²) in [5, 5.41) is 10.4. The molecule has 0 aliphatic carbocycles. The van der Waals surface area contributed by atoms with Crippen molar-refractivity contribution in [1.82, 2.24) is 16.0 Å². The molecule has 0 aliphatic rings. The zero-order chi connectivity index (χ0) is 20.6. The Labute approximate surface area is 171 Å². The maximum atomic E-state index is 11.8. The summed E-state index contributed by atoms with van der Waals surface area (Å²) >= 11 is 0. The maximum absolute atomic E-state index is 11.8. The summed E-state index contributed by atoms with van der Waals surface area (Å²) in [4.78, 5) is 16.5. The second kappa shape index (κ2) is 9.78. The standard InChI is InChI=1S/C23H28N4O2/c1-4-25-23(26-13-12-17-8-7-10-19(14-17)22(28)24-3)27-16(2)21-15-18-9-5-6-11-20(18)29-21/h5-11,14-16H,4,12-13H2,1-3H3,(H,24,28)(H2,25,26,27). The molecule has 0 radical (unpaired) electrons. The molecule has 0 bridgehead atoms. The number of hydrogen-bond donors (Lipinski definition) is 3. The average molecular weight is 393 g/mol. The Hall–Kier alpha value is -3.28. The monoisotopic (exact) mass is 392 g/mol. The number of carbonyl (C=O) groups is 1. The number of rotatable bonds is 7. The molecule has 6 nitrogen and oxygen atoms in total. The van der Waals surface area contributed by atoms with E-state index in [1.54, 1.807) is 7.05 Å². The number of guanidine groups is 1. The Balaban J connectivity index is 1.64. The Bertz CT molecular complexity index is 960. The summed E-state index contributed by atoms with van der Waals surface area (Å²) in [6, 6.07) is 17.7. The normalized spacial score (nSPS) is 12.6. The predicted molar refractivity (Wildman–Crippen MR) is 117 cm³/mol. The van der Waals surface area contributed by atoms with Crippen LogP contribution in [0.4, 0.5) is 0 Å². The highest BCUT2D eigenvalue weighted by Crippen LogP contribution is 2.23. The summed E-state index contributed by atoms with van der Waals surface area (Å²) < 4.78 is 5.95. The van der Waals surface area contributed by atoms with Gasteiger partial charge in [0.1, 0.15) is 11.3 Å². The van der Waals surface area contributed by atoms with Gasteiger partial charge in [-0.05, 0) is 50.1 Å². The molecule has 3 N–H and O–H groups in total. The Morgan fingerprint density at radius 3 is 2.72 bits per heavy atom. The molecular formula is C23H28N4O2. The van der Waals surface area contributed by atoms with Crippen LogP contribution in [0.5, 0.6) is 0 Å². The Kier molecular flexibility index (Phi) is 6.89. The van der Waals surface area contributed by atoms with Gasteiger partial charge in [0.05, 0.1) is 6.04 Å². The lowest BCUT2D eigenvalue weighted by Crippen LogP contribution is -2.38. The third-order valence-corrected chi connectivity index (χ3v) is 4.66. The molecule has 0 spiro atoms. The third-order valence-electron chi connectivity index (χ3n) is 4.66. The van der Waals surface area contributed by atoms with Crippen LogP contribution in [0.15, 0.2) is 64.0 Å². The smallest absolute Gasteiger partial charge is 0.251 e. The fourth-order valence-electron chi connectivity index (χ4n) is 3.12. The van der Waals surface area contributed by atoms with Crippen LogP contribution in [0.3, 0.4) is 0 Å². The van der Waals surface area contributed by atoms with E-state index in [0.717, 1.165) is 41.2 Å². The van der Waals surface area contributed by atoms with Gasteiger partial charge in [-0.3, -0.25) is 9.79 Å². The zero-order valence-corrected chi connectivity index (χ0v) is 17.2. The van der Waals surface area contributed by atoms with E-state index in [1.807, 2.05) is 55.5 Å². The highest BCUT2D eigenvalue weighted by molar-refractivity contribution is 5.94. The van der Waals surface area contributed by atoms with Crippen LogP contribution >= 0.6 is 0 Å². The van der Waals surface area contributed by atoms with Crippen molar-refractivity contribution in [1.29, 1.82) is 0 Å². The predicted octanol–water partition coefficient (Wildman–Crippen LogP) is 3.65. The lowest BCUT2D eigenvalue weighted by atomic mass is 10.1. The molecule has 152 valence electrons. The van der Waals surface area contributed by atoms with E-state index < -0.39 is 0 Å². The quantitative estimate of drug-likeness (QED) is 0.424. The molecule has 0 aliphatic heterocycles. The molecular weight excluding hydrogens is 364 g/mol. The maximum Gasteiger partial charge on any atom is 0.251 e. The topological polar surface area (TPSA) is 78.7 Å². The SMILES string of the molecule is CCNC(=NCCc1cccc(C(=O)NC)c1)NC(C)c1cc2ccccc2o1. The van der Waals surface area contributed by atoms with E-state index in [0.29, 0.717) is 12.1 Å². The lowest BCUT2D eigenvalue weighted by molar-refractivity contribution is 0.0963. The first-order valence-electron chi connectivity index (χ1n) is 9.95. The van der Waals surface area contributed by atoms with Crippen molar-refractivity contribution in [3.05, 3.63) is 71.5 Å². The minimum Gasteiger partial charge on any atom is -0.459 e. The molecule has 1 unspecified atom stereocenters. The van der Waals surface area contributed by atoms with Crippen LogP contribution < -0.4 is 16.0 Å². The fraction of sp³-hybridized carbons (Fsp3) is 0.304. The molecule has 1 amide bonds. The van der Waals surface area contributed by atoms with E-state index in [1.165, 1.54) is 0 Å². The first-order valence-corrected chi connectivity index (χ1v) is 9.95. The molecule has 0 fully saturated rings. The number of para-hydroxylation sites is 1. The van der Waals surface area contributed by atoms with Crippen LogP contribution in [0.1, 0.15) is 41.6 Å². The van der Waals surface area contributed by atoms with Gasteiger partial charge in [-0.25, -0.2) is 0 Å². The molecule has 1 aromatic heterocycles. The number of nitrogens with one attached hydrogen (secondary N) is 3. The summed E-state index contributed by atoms with van der Waals surface area (Å²) in [7, 11) is 1.64. The van der Waals surface area contributed by atoms with Gasteiger partial charge in [0, 0.05) is 31.1 Å². The summed E-state index contributed by atoms with van der Waals surface area (Å²) in [6.45, 7) is 5.47. The van der Waals surface area contributed by atoms with Crippen LogP contribution in [0.25, 0.3) is 11.0 Å². The Morgan fingerprint density at radius 1 is 1.14 bits per heavy atom. The molecule has 0 saturated carbocycles. The molecule has 0 saturated heterocycles. The molecule has 29 heavy (non-hydrogen) atoms. The minimum atomic E-state index is -0.0787. The molecule has 3 aromatic rings. The van der Waals surface area contributed by atoms with E-state index in [9.17, 15) is 4.79 Å². The molecule has 6 heteroatoms. The van der Waals surface area contributed by atoms with Gasteiger partial charge >= 0.3 is 0 Å². The van der Waals surface area contributed by atoms with E-state index >= 15 is 0 Å². The number of benzene rings is 2. The highest BCUT2D eigenvalue weighted by Gasteiger charge is 2.13. The average Bonchev–Trinajstić information content (AvgIpc) is 3.18. The summed E-state index contributed by atoms with van der Waals surface area (Å²) in [6.07, 6.45) is 0.750. The van der Waals surface area contributed by atoms with Gasteiger partial charge in [-0.1, -0.05) is 30.3 Å². The minimum absolute atomic E-state index is 0.0169. The summed E-state index contributed by atoms with van der Waals surface area (Å²) in [5.41, 5.74) is 2.63. The van der Waals surface area contributed by atoms with Crippen molar-refractivity contribution in [2.24, 2.45) is 4.99 Å². The van der Waals surface area contributed by atoms with Crippen molar-refractivity contribution in [2.45, 2.75) is 26.3 Å². The number of carbonyl (C=O) groups excluding carboxylic acids is 1. The van der Waals surface area contributed by atoms with E-state index in [2.05, 4.69) is 33.9 Å². The first-order chi connectivity index (χ1) is 14.1. The highest BCUT2D eigenvalue weighted by atomic mass is 16.3. The number of fused-ring (bicyclic) bond motifs is 1. The molecule has 1 atom stereocenters. The van der Waals surface area contributed by atoms with Gasteiger partial charge in [0.25, 0.3) is 5.91 Å². The van der Waals surface area contributed by atoms with Crippen molar-refractivity contribution in [3.8, 4) is 0 Å². The van der Waals surface area contributed by atoms with Crippen molar-refractivity contribution < 1.29 is 9.21 Å². The van der Waals surface area contributed by atoms with Gasteiger partial charge < -0.3 is 20.4 Å². The number of hydrogen-bond acceptors (Lipinski definition) is 3. The van der Waals surface area contributed by atoms with Gasteiger partial charge in [0.15, 0.2) is 5.96 Å². The molecule has 2 aromatic carbocycles. The fourth-order valence-corrected chi connectivity index (χ4v) is 3.12. The number of amides is 1. The number of nitrogens with zero attached hydrogens (tertiary/aromatic N) is 1. The second-order valence-corrected chi connectivity index (χ2v) is 6.84. The Morgan fingerprint density at radius 2 is 1.97 bits per heavy atom. The summed E-state index contributed by atoms with van der Waals surface area (Å²) in [5.74, 6) is 1.53. The second-order valence-electron chi connectivity index (χ2n) is 6.84. The van der Waals surface area contributed by atoms with Crippen molar-refractivity contribution in [2.75, 3.05) is 20.1 Å². The van der Waals surface area contributed by atoms with Gasteiger partial charge in [-0.15, -0.1) is 0 Å². The lowest BCUT2D eigenvalue weighted by Gasteiger charge is -2.16. The van der Waals surface area contributed by atoms with E-state index in [4.69, 9.17) is 4.42 Å². The van der Waals surface area contributed by atoms with Crippen LogP contribution in [-0.4, -0.2) is 32.0 Å². The van der Waals surface area contributed by atoms with Crippen molar-refractivity contribution in [3.63, 3.8) is 0 Å². The zero-order valence-electron chi connectivity index (χ0n) is 17.2. The largest absolute Gasteiger partial charge is 0.459 e. The van der Waals surface area contributed by atoms with Crippen LogP contribution in [-0.2, 0) is 6.42 Å². The van der Waals surface area contributed by atoms with E-state index in [-0.39, 0.29) is 11.9 Å². The third kappa shape index (κ3) is 5.38. The molecule has 3 rings (SSSR count). The molecule has 1 heterocycles. The van der Waals surface area contributed by atoms with Gasteiger partial charge in [0.2, 0.25) is 0 Å². The number of furan rings is 1. The van der Waals surface area contributed by atoms with Gasteiger partial charge in [-0.2, -0.15) is 0 Å². The van der Waals surface area contributed by atoms with Crippen molar-refractivity contribution >= 4 is 22.8 Å². The van der Waals surface area contributed by atoms with Crippen LogP contribution in [0.2, 0.25) is 0 Å².